The first kappa shape index (κ1) is 15.7. The highest BCUT2D eigenvalue weighted by Crippen LogP contribution is 2.27. The summed E-state index contributed by atoms with van der Waals surface area (Å²) < 4.78 is 0. The van der Waals surface area contributed by atoms with Gasteiger partial charge in [-0.25, -0.2) is 0 Å². The maximum absolute atomic E-state index is 11.9. The van der Waals surface area contributed by atoms with Crippen LogP contribution < -0.4 is 0 Å². The van der Waals surface area contributed by atoms with Crippen LogP contribution in [0.4, 0.5) is 0 Å². The quantitative estimate of drug-likeness (QED) is 0.717. The van der Waals surface area contributed by atoms with Crippen molar-refractivity contribution >= 4 is 5.78 Å². The molecule has 0 bridgehead atoms. The Labute approximate surface area is 117 Å². The van der Waals surface area contributed by atoms with Gasteiger partial charge in [0.1, 0.15) is 5.78 Å². The summed E-state index contributed by atoms with van der Waals surface area (Å²) in [5, 5.41) is 0. The van der Waals surface area contributed by atoms with Crippen LogP contribution in [0.15, 0.2) is 24.3 Å². The Morgan fingerprint density at radius 3 is 2.00 bits per heavy atom. The monoisotopic (exact) mass is 258 g/mol. The highest BCUT2D eigenvalue weighted by molar-refractivity contribution is 5.83. The molecular weight excluding hydrogens is 232 g/mol. The fourth-order valence-corrected chi connectivity index (χ4v) is 2.30. The minimum absolute atomic E-state index is 0.149. The van der Waals surface area contributed by atoms with Crippen LogP contribution in [-0.4, -0.2) is 5.78 Å². The van der Waals surface area contributed by atoms with Crippen molar-refractivity contribution in [3.8, 4) is 0 Å². The third-order valence-electron chi connectivity index (χ3n) is 3.43. The van der Waals surface area contributed by atoms with E-state index in [-0.39, 0.29) is 11.2 Å². The number of hydrogen-bond donors (Lipinski definition) is 0. The molecule has 0 aliphatic heterocycles. The van der Waals surface area contributed by atoms with Crippen molar-refractivity contribution in [1.82, 2.24) is 0 Å². The first-order chi connectivity index (χ1) is 8.61. The van der Waals surface area contributed by atoms with Crippen molar-refractivity contribution in [2.24, 2.45) is 0 Å². The SMILES string of the molecule is C=C(C)CC(=O)Cc1c(C)cc(C(C)(C)C)cc1C. The second-order valence-electron chi connectivity index (χ2n) is 6.69. The molecule has 1 nitrogen and oxygen atoms in total. The number of ketones is 1. The third kappa shape index (κ3) is 4.34. The van der Waals surface area contributed by atoms with Gasteiger partial charge in [0.05, 0.1) is 0 Å². The summed E-state index contributed by atoms with van der Waals surface area (Å²) in [6.45, 7) is 16.6. The lowest BCUT2D eigenvalue weighted by Crippen LogP contribution is -2.13. The number of carbonyl (C=O) groups excluding carboxylic acids is 1. The smallest absolute Gasteiger partial charge is 0.141 e. The van der Waals surface area contributed by atoms with E-state index < -0.39 is 0 Å². The van der Waals surface area contributed by atoms with Crippen LogP contribution in [0.25, 0.3) is 0 Å². The van der Waals surface area contributed by atoms with E-state index in [1.54, 1.807) is 0 Å². The van der Waals surface area contributed by atoms with Crippen LogP contribution in [0.3, 0.4) is 0 Å². The van der Waals surface area contributed by atoms with Crippen LogP contribution in [0.1, 0.15) is 56.4 Å². The molecule has 0 aromatic heterocycles. The molecule has 0 aliphatic carbocycles. The van der Waals surface area contributed by atoms with Gasteiger partial charge in [0.15, 0.2) is 0 Å². The number of benzene rings is 1. The molecule has 0 saturated heterocycles. The summed E-state index contributed by atoms with van der Waals surface area (Å²) in [6.07, 6.45) is 1.01. The van der Waals surface area contributed by atoms with E-state index in [0.717, 1.165) is 5.57 Å². The van der Waals surface area contributed by atoms with Crippen LogP contribution in [0.5, 0.6) is 0 Å². The lowest BCUT2D eigenvalue weighted by atomic mass is 9.83. The van der Waals surface area contributed by atoms with E-state index in [2.05, 4.69) is 53.3 Å². The Kier molecular flexibility index (Phi) is 4.73. The van der Waals surface area contributed by atoms with Crippen LogP contribution in [-0.2, 0) is 16.6 Å². The largest absolute Gasteiger partial charge is 0.299 e. The predicted octanol–water partition coefficient (Wildman–Crippen LogP) is 4.68. The van der Waals surface area contributed by atoms with Crippen molar-refractivity contribution in [2.45, 2.75) is 59.8 Å². The maximum atomic E-state index is 11.9. The van der Waals surface area contributed by atoms with E-state index in [1.807, 2.05) is 6.92 Å². The van der Waals surface area contributed by atoms with Gasteiger partial charge in [-0.1, -0.05) is 45.1 Å². The fraction of sp³-hybridized carbons (Fsp3) is 0.500. The second-order valence-corrected chi connectivity index (χ2v) is 6.69. The van der Waals surface area contributed by atoms with Gasteiger partial charge in [-0.3, -0.25) is 4.79 Å². The molecule has 0 unspecified atom stereocenters. The average molecular weight is 258 g/mol. The molecular formula is C18H26O. The van der Waals surface area contributed by atoms with E-state index in [1.165, 1.54) is 22.3 Å². The Balaban J connectivity index is 3.04. The Bertz CT molecular complexity index is 478. The van der Waals surface area contributed by atoms with Gasteiger partial charge < -0.3 is 0 Å². The van der Waals surface area contributed by atoms with E-state index in [9.17, 15) is 4.79 Å². The standard InChI is InChI=1S/C18H26O/c1-12(2)8-16(19)11-17-13(3)9-15(10-14(17)4)18(5,6)7/h9-10H,1,8,11H2,2-7H3. The van der Waals surface area contributed by atoms with Gasteiger partial charge in [0.25, 0.3) is 0 Å². The number of aryl methyl sites for hydroxylation is 2. The van der Waals surface area contributed by atoms with Gasteiger partial charge in [-0.15, -0.1) is 0 Å². The van der Waals surface area contributed by atoms with Crippen LogP contribution in [0, 0.1) is 13.8 Å². The zero-order chi connectivity index (χ0) is 14.8. The average Bonchev–Trinajstić information content (AvgIpc) is 2.20. The van der Waals surface area contributed by atoms with Gasteiger partial charge >= 0.3 is 0 Å². The molecule has 0 atom stereocenters. The highest BCUT2D eigenvalue weighted by atomic mass is 16.1. The van der Waals surface area contributed by atoms with Gasteiger partial charge in [0.2, 0.25) is 0 Å². The highest BCUT2D eigenvalue weighted by Gasteiger charge is 2.17. The molecule has 1 rings (SSSR count). The van der Waals surface area contributed by atoms with E-state index >= 15 is 0 Å². The molecule has 0 amide bonds. The summed E-state index contributed by atoms with van der Waals surface area (Å²) >= 11 is 0. The van der Waals surface area contributed by atoms with Crippen molar-refractivity contribution < 1.29 is 4.79 Å². The normalized spacial score (nSPS) is 11.5. The molecule has 1 heteroatoms. The van der Waals surface area contributed by atoms with Crippen molar-refractivity contribution in [3.63, 3.8) is 0 Å². The second kappa shape index (κ2) is 5.73. The molecule has 19 heavy (non-hydrogen) atoms. The first-order valence-electron chi connectivity index (χ1n) is 6.88. The summed E-state index contributed by atoms with van der Waals surface area (Å²) in [4.78, 5) is 11.9. The molecule has 0 heterocycles. The molecule has 0 N–H and O–H groups in total. The van der Waals surface area contributed by atoms with Crippen LogP contribution in [0.2, 0.25) is 0 Å². The molecule has 0 fully saturated rings. The van der Waals surface area contributed by atoms with Crippen molar-refractivity contribution in [3.05, 3.63) is 46.5 Å². The molecule has 0 saturated carbocycles. The number of rotatable bonds is 4. The van der Waals surface area contributed by atoms with Gasteiger partial charge in [-0.2, -0.15) is 0 Å². The topological polar surface area (TPSA) is 17.1 Å². The minimum Gasteiger partial charge on any atom is -0.299 e. The molecule has 1 aromatic carbocycles. The Hall–Kier alpha value is -1.37. The Morgan fingerprint density at radius 1 is 1.16 bits per heavy atom. The van der Waals surface area contributed by atoms with Gasteiger partial charge in [0, 0.05) is 12.8 Å². The minimum atomic E-state index is 0.149. The van der Waals surface area contributed by atoms with Crippen molar-refractivity contribution in [1.29, 1.82) is 0 Å². The van der Waals surface area contributed by atoms with Crippen LogP contribution >= 0.6 is 0 Å². The zero-order valence-electron chi connectivity index (χ0n) is 13.2. The lowest BCUT2D eigenvalue weighted by molar-refractivity contribution is -0.117. The Morgan fingerprint density at radius 2 is 1.63 bits per heavy atom. The molecule has 1 aromatic rings. The number of hydrogen-bond acceptors (Lipinski definition) is 1. The molecule has 0 spiro atoms. The summed E-state index contributed by atoms with van der Waals surface area (Å²) in [6, 6.07) is 4.44. The van der Waals surface area contributed by atoms with Gasteiger partial charge in [-0.05, 0) is 48.4 Å². The zero-order valence-corrected chi connectivity index (χ0v) is 13.2. The van der Waals surface area contributed by atoms with E-state index in [4.69, 9.17) is 0 Å². The summed E-state index contributed by atoms with van der Waals surface area (Å²) in [5.74, 6) is 0.252. The molecule has 0 radical (unpaired) electrons. The first-order valence-corrected chi connectivity index (χ1v) is 6.88. The number of allylic oxidation sites excluding steroid dienone is 1. The maximum Gasteiger partial charge on any atom is 0.141 e. The number of carbonyl (C=O) groups is 1. The predicted molar refractivity (Wildman–Crippen MR) is 82.8 cm³/mol. The van der Waals surface area contributed by atoms with Crippen molar-refractivity contribution in [2.75, 3.05) is 0 Å². The fourth-order valence-electron chi connectivity index (χ4n) is 2.30. The number of Topliss-reactive ketones (excluding diaryl/α,β-unsaturated/α-hetero) is 1. The molecule has 0 aliphatic rings. The third-order valence-corrected chi connectivity index (χ3v) is 3.43. The summed E-state index contributed by atoms with van der Waals surface area (Å²) in [5.41, 5.74) is 6.04. The molecule has 104 valence electrons. The summed E-state index contributed by atoms with van der Waals surface area (Å²) in [7, 11) is 0. The lowest BCUT2D eigenvalue weighted by Gasteiger charge is -2.22. The van der Waals surface area contributed by atoms with E-state index in [0.29, 0.717) is 12.8 Å².